The maximum atomic E-state index is 12.6. The number of hydrogen-bond acceptors (Lipinski definition) is 7. The number of furan rings is 1. The van der Waals surface area contributed by atoms with E-state index >= 15 is 0 Å². The highest BCUT2D eigenvalue weighted by Gasteiger charge is 2.15. The van der Waals surface area contributed by atoms with Crippen molar-refractivity contribution in [2.24, 2.45) is 5.10 Å². The van der Waals surface area contributed by atoms with Gasteiger partial charge < -0.3 is 18.6 Å². The molecule has 41 heavy (non-hydrogen) atoms. The van der Waals surface area contributed by atoms with Crippen LogP contribution in [0.4, 0.5) is 0 Å². The molecular formula is C33H26N2O6. The van der Waals surface area contributed by atoms with E-state index in [9.17, 15) is 9.59 Å². The van der Waals surface area contributed by atoms with Gasteiger partial charge in [0.1, 0.15) is 12.4 Å². The number of nitrogens with zero attached hydrogens (tertiary/aromatic N) is 1. The van der Waals surface area contributed by atoms with Crippen molar-refractivity contribution in [2.75, 3.05) is 7.11 Å². The molecular weight excluding hydrogens is 520 g/mol. The zero-order valence-electron chi connectivity index (χ0n) is 22.2. The lowest BCUT2D eigenvalue weighted by atomic mass is 10.0. The normalized spacial score (nSPS) is 10.8. The number of hydrazone groups is 1. The van der Waals surface area contributed by atoms with Gasteiger partial charge in [-0.15, -0.1) is 0 Å². The van der Waals surface area contributed by atoms with Gasteiger partial charge in [-0.05, 0) is 65.2 Å². The van der Waals surface area contributed by atoms with Crippen molar-refractivity contribution in [3.05, 3.63) is 138 Å². The van der Waals surface area contributed by atoms with Crippen LogP contribution in [0.15, 0.2) is 125 Å². The van der Waals surface area contributed by atoms with Gasteiger partial charge in [-0.2, -0.15) is 5.10 Å². The molecule has 0 radical (unpaired) electrons. The summed E-state index contributed by atoms with van der Waals surface area (Å²) < 4.78 is 21.8. The van der Waals surface area contributed by atoms with E-state index in [-0.39, 0.29) is 17.4 Å². The van der Waals surface area contributed by atoms with Crippen molar-refractivity contribution in [1.29, 1.82) is 0 Å². The van der Waals surface area contributed by atoms with Crippen LogP contribution in [0.5, 0.6) is 17.2 Å². The Kier molecular flexibility index (Phi) is 8.51. The lowest BCUT2D eigenvalue weighted by molar-refractivity contribution is 0.0696. The van der Waals surface area contributed by atoms with Crippen molar-refractivity contribution in [3.8, 4) is 28.4 Å². The van der Waals surface area contributed by atoms with Crippen LogP contribution in [0.25, 0.3) is 11.1 Å². The molecule has 1 amide bonds. The second kappa shape index (κ2) is 12.9. The molecule has 0 aliphatic carbocycles. The van der Waals surface area contributed by atoms with Gasteiger partial charge in [0.15, 0.2) is 11.5 Å². The molecule has 1 N–H and O–H groups in total. The van der Waals surface area contributed by atoms with E-state index in [1.54, 1.807) is 36.4 Å². The highest BCUT2D eigenvalue weighted by atomic mass is 16.6. The lowest BCUT2D eigenvalue weighted by Gasteiger charge is -2.12. The first-order chi connectivity index (χ1) is 20.1. The number of rotatable bonds is 10. The summed E-state index contributed by atoms with van der Waals surface area (Å²) in [6.07, 6.45) is 2.85. The number of carbonyl (C=O) groups excluding carboxylic acids is 2. The first-order valence-electron chi connectivity index (χ1n) is 12.7. The van der Waals surface area contributed by atoms with Gasteiger partial charge in [0.25, 0.3) is 5.91 Å². The van der Waals surface area contributed by atoms with E-state index in [1.165, 1.54) is 25.7 Å². The molecule has 5 rings (SSSR count). The fourth-order valence-corrected chi connectivity index (χ4v) is 3.99. The minimum absolute atomic E-state index is 0.0781. The summed E-state index contributed by atoms with van der Waals surface area (Å²) in [5.41, 5.74) is 6.62. The number of methoxy groups -OCH3 is 1. The molecule has 0 aliphatic heterocycles. The summed E-state index contributed by atoms with van der Waals surface area (Å²) in [6, 6.07) is 33.1. The van der Waals surface area contributed by atoms with Crippen LogP contribution in [0, 0.1) is 0 Å². The molecule has 4 aromatic carbocycles. The number of para-hydroxylation sites is 1. The van der Waals surface area contributed by atoms with Crippen molar-refractivity contribution in [2.45, 2.75) is 6.61 Å². The quantitative estimate of drug-likeness (QED) is 0.0927. The number of benzene rings is 4. The third-order valence-electron chi connectivity index (χ3n) is 6.07. The average molecular weight is 547 g/mol. The molecule has 0 atom stereocenters. The van der Waals surface area contributed by atoms with Crippen LogP contribution in [0.3, 0.4) is 0 Å². The summed E-state index contributed by atoms with van der Waals surface area (Å²) in [6.45, 7) is 0.360. The lowest BCUT2D eigenvalue weighted by Crippen LogP contribution is -2.17. The van der Waals surface area contributed by atoms with Gasteiger partial charge >= 0.3 is 5.97 Å². The highest BCUT2D eigenvalue weighted by molar-refractivity contribution is 5.95. The predicted octanol–water partition coefficient (Wildman–Crippen LogP) is 6.52. The van der Waals surface area contributed by atoms with E-state index in [1.807, 2.05) is 66.7 Å². The summed E-state index contributed by atoms with van der Waals surface area (Å²) in [7, 11) is 1.46. The van der Waals surface area contributed by atoms with Crippen LogP contribution in [-0.2, 0) is 6.61 Å². The number of hydrogen-bond donors (Lipinski definition) is 1. The fourth-order valence-electron chi connectivity index (χ4n) is 3.99. The SMILES string of the molecule is COc1cc(/C=N/NC(=O)c2ccc(COc3ccccc3-c3ccccc3)cc2)ccc1OC(=O)c1ccco1. The van der Waals surface area contributed by atoms with Crippen LogP contribution in [0.2, 0.25) is 0 Å². The number of ether oxygens (including phenoxy) is 3. The van der Waals surface area contributed by atoms with E-state index in [0.717, 1.165) is 22.4 Å². The maximum Gasteiger partial charge on any atom is 0.379 e. The molecule has 0 bridgehead atoms. The molecule has 0 unspecified atom stereocenters. The molecule has 5 aromatic rings. The maximum absolute atomic E-state index is 12.6. The Bertz CT molecular complexity index is 1650. The predicted molar refractivity (Wildman–Crippen MR) is 154 cm³/mol. The smallest absolute Gasteiger partial charge is 0.379 e. The topological polar surface area (TPSA) is 99.4 Å². The van der Waals surface area contributed by atoms with Crippen molar-refractivity contribution < 1.29 is 28.2 Å². The second-order valence-electron chi connectivity index (χ2n) is 8.82. The first kappa shape index (κ1) is 27.0. The van der Waals surface area contributed by atoms with Crippen molar-refractivity contribution in [3.63, 3.8) is 0 Å². The monoisotopic (exact) mass is 546 g/mol. The zero-order chi connectivity index (χ0) is 28.4. The molecule has 1 aromatic heterocycles. The number of nitrogens with one attached hydrogen (secondary N) is 1. The van der Waals surface area contributed by atoms with Gasteiger partial charge in [0.05, 0.1) is 19.6 Å². The van der Waals surface area contributed by atoms with Crippen molar-refractivity contribution >= 4 is 18.1 Å². The van der Waals surface area contributed by atoms with Gasteiger partial charge in [-0.1, -0.05) is 60.7 Å². The number of carbonyl (C=O) groups is 2. The molecule has 0 aliphatic rings. The van der Waals surface area contributed by atoms with E-state index in [0.29, 0.717) is 23.5 Å². The summed E-state index contributed by atoms with van der Waals surface area (Å²) >= 11 is 0. The highest BCUT2D eigenvalue weighted by Crippen LogP contribution is 2.30. The van der Waals surface area contributed by atoms with Crippen LogP contribution in [0.1, 0.15) is 32.0 Å². The number of amides is 1. The molecule has 1 heterocycles. The Balaban J connectivity index is 1.16. The van der Waals surface area contributed by atoms with Gasteiger partial charge in [0, 0.05) is 11.1 Å². The molecule has 0 saturated carbocycles. The standard InChI is InChI=1S/C33H26N2O6/c1-38-31-20-24(15-18-29(31)41-33(37)30-12-7-19-39-30)21-34-35-32(36)26-16-13-23(14-17-26)22-40-28-11-6-5-10-27(28)25-8-3-2-4-9-25/h2-21H,22H2,1H3,(H,35,36)/b34-21+. The average Bonchev–Trinajstić information content (AvgIpc) is 3.57. The van der Waals surface area contributed by atoms with Gasteiger partial charge in [0.2, 0.25) is 5.76 Å². The summed E-state index contributed by atoms with van der Waals surface area (Å²) in [5.74, 6) is 0.410. The van der Waals surface area contributed by atoms with Gasteiger partial charge in [-0.3, -0.25) is 4.79 Å². The third kappa shape index (κ3) is 6.88. The summed E-state index contributed by atoms with van der Waals surface area (Å²) in [5, 5.41) is 4.03. The van der Waals surface area contributed by atoms with E-state index in [4.69, 9.17) is 18.6 Å². The number of esters is 1. The Morgan fingerprint density at radius 2 is 1.61 bits per heavy atom. The van der Waals surface area contributed by atoms with E-state index in [2.05, 4.69) is 10.5 Å². The second-order valence-corrected chi connectivity index (χ2v) is 8.82. The first-order valence-corrected chi connectivity index (χ1v) is 12.7. The minimum Gasteiger partial charge on any atom is -0.493 e. The zero-order valence-corrected chi connectivity index (χ0v) is 22.2. The van der Waals surface area contributed by atoms with Crippen molar-refractivity contribution in [1.82, 2.24) is 5.43 Å². The van der Waals surface area contributed by atoms with Crippen LogP contribution in [-0.4, -0.2) is 25.2 Å². The molecule has 8 nitrogen and oxygen atoms in total. The molecule has 204 valence electrons. The molecule has 0 saturated heterocycles. The molecule has 8 heteroatoms. The van der Waals surface area contributed by atoms with E-state index < -0.39 is 5.97 Å². The summed E-state index contributed by atoms with van der Waals surface area (Å²) in [4.78, 5) is 24.7. The largest absolute Gasteiger partial charge is 0.493 e. The Hall–Kier alpha value is -5.63. The van der Waals surface area contributed by atoms with Crippen LogP contribution < -0.4 is 19.6 Å². The van der Waals surface area contributed by atoms with Gasteiger partial charge in [-0.25, -0.2) is 10.2 Å². The van der Waals surface area contributed by atoms with Crippen LogP contribution >= 0.6 is 0 Å². The Morgan fingerprint density at radius 3 is 2.37 bits per heavy atom. The molecule has 0 fully saturated rings. The Morgan fingerprint density at radius 1 is 0.829 bits per heavy atom. The molecule has 0 spiro atoms. The minimum atomic E-state index is -0.642. The fraction of sp³-hybridized carbons (Fsp3) is 0.0606. The Labute approximate surface area is 236 Å². The third-order valence-corrected chi connectivity index (χ3v) is 6.07.